The average molecular weight is 258 g/mol. The van der Waals surface area contributed by atoms with Gasteiger partial charge in [-0.2, -0.15) is 11.8 Å². The lowest BCUT2D eigenvalue weighted by Gasteiger charge is -2.16. The number of hydrogen-bond donors (Lipinski definition) is 1. The van der Waals surface area contributed by atoms with Crippen molar-refractivity contribution in [1.29, 1.82) is 0 Å². The lowest BCUT2D eigenvalue weighted by molar-refractivity contribution is 0.198. The van der Waals surface area contributed by atoms with E-state index in [0.29, 0.717) is 22.3 Å². The van der Waals surface area contributed by atoms with Crippen LogP contribution in [0.5, 0.6) is 5.75 Å². The number of halogens is 1. The zero-order valence-electron chi connectivity index (χ0n) is 10.4. The van der Waals surface area contributed by atoms with Crippen LogP contribution in [0.3, 0.4) is 0 Å². The first-order valence-corrected chi connectivity index (χ1v) is 6.76. The van der Waals surface area contributed by atoms with Crippen LogP contribution in [0.25, 0.3) is 0 Å². The Bertz CT molecular complexity index is 357. The molecule has 17 heavy (non-hydrogen) atoms. The van der Waals surface area contributed by atoms with E-state index in [0.717, 1.165) is 6.42 Å². The zero-order chi connectivity index (χ0) is 12.8. The molecule has 0 aliphatic heterocycles. The molecule has 0 spiro atoms. The van der Waals surface area contributed by atoms with Crippen LogP contribution in [0.4, 0.5) is 4.39 Å². The van der Waals surface area contributed by atoms with Crippen LogP contribution in [0.1, 0.15) is 31.9 Å². The number of benzene rings is 1. The molecule has 0 heterocycles. The Labute approximate surface area is 106 Å². The van der Waals surface area contributed by atoms with Gasteiger partial charge in [0.05, 0.1) is 13.2 Å². The predicted molar refractivity (Wildman–Crippen MR) is 70.1 cm³/mol. The zero-order valence-corrected chi connectivity index (χ0v) is 11.3. The van der Waals surface area contributed by atoms with Crippen molar-refractivity contribution in [2.45, 2.75) is 31.6 Å². The molecule has 0 aliphatic rings. The quantitative estimate of drug-likeness (QED) is 0.848. The van der Waals surface area contributed by atoms with E-state index < -0.39 is 6.10 Å². The minimum atomic E-state index is -0.695. The highest BCUT2D eigenvalue weighted by atomic mass is 32.2. The summed E-state index contributed by atoms with van der Waals surface area (Å²) in [6, 6.07) is 4.21. The highest BCUT2D eigenvalue weighted by Gasteiger charge is 2.15. The van der Waals surface area contributed by atoms with Gasteiger partial charge in [-0.1, -0.05) is 13.8 Å². The van der Waals surface area contributed by atoms with Gasteiger partial charge in [-0.3, -0.25) is 0 Å². The lowest BCUT2D eigenvalue weighted by atomic mass is 10.1. The maximum atomic E-state index is 13.1. The Morgan fingerprint density at radius 3 is 2.76 bits per heavy atom. The van der Waals surface area contributed by atoms with Crippen molar-refractivity contribution < 1.29 is 14.2 Å². The maximum absolute atomic E-state index is 13.1. The third-order valence-corrected chi connectivity index (χ3v) is 4.07. The molecule has 1 aromatic rings. The number of methoxy groups -OCH3 is 1. The average Bonchev–Trinajstić information content (AvgIpc) is 2.35. The van der Waals surface area contributed by atoms with Gasteiger partial charge in [0.1, 0.15) is 11.6 Å². The monoisotopic (exact) mass is 258 g/mol. The van der Waals surface area contributed by atoms with Crippen LogP contribution in [0.15, 0.2) is 18.2 Å². The summed E-state index contributed by atoms with van der Waals surface area (Å²) in [5.74, 6) is 0.728. The van der Waals surface area contributed by atoms with Crippen LogP contribution in [-0.4, -0.2) is 23.2 Å². The minimum absolute atomic E-state index is 0.353. The first-order chi connectivity index (χ1) is 8.08. The first-order valence-electron chi connectivity index (χ1n) is 5.71. The molecule has 0 amide bonds. The van der Waals surface area contributed by atoms with E-state index in [9.17, 15) is 9.50 Å². The number of rotatable bonds is 6. The molecule has 0 saturated heterocycles. The minimum Gasteiger partial charge on any atom is -0.496 e. The third-order valence-electron chi connectivity index (χ3n) is 2.66. The van der Waals surface area contributed by atoms with Crippen molar-refractivity contribution in [3.8, 4) is 5.75 Å². The third kappa shape index (κ3) is 4.21. The van der Waals surface area contributed by atoms with Gasteiger partial charge in [-0.05, 0) is 24.6 Å². The van der Waals surface area contributed by atoms with E-state index >= 15 is 0 Å². The molecule has 96 valence electrons. The standard InChI is InChI=1S/C13H19FO2S/c1-4-9(2)17-8-12(15)11-7-10(14)5-6-13(11)16-3/h5-7,9,12,15H,4,8H2,1-3H3. The fraction of sp³-hybridized carbons (Fsp3) is 0.538. The summed E-state index contributed by atoms with van der Waals surface area (Å²) in [5.41, 5.74) is 0.517. The molecule has 0 bridgehead atoms. The second kappa shape index (κ2) is 6.87. The Morgan fingerprint density at radius 1 is 1.47 bits per heavy atom. The SMILES string of the molecule is CCC(C)SCC(O)c1cc(F)ccc1OC. The van der Waals surface area contributed by atoms with Gasteiger partial charge >= 0.3 is 0 Å². The van der Waals surface area contributed by atoms with E-state index in [4.69, 9.17) is 4.74 Å². The van der Waals surface area contributed by atoms with Crippen molar-refractivity contribution in [3.63, 3.8) is 0 Å². The number of ether oxygens (including phenoxy) is 1. The van der Waals surface area contributed by atoms with E-state index in [1.165, 1.54) is 19.2 Å². The van der Waals surface area contributed by atoms with Crippen molar-refractivity contribution >= 4 is 11.8 Å². The molecule has 1 rings (SSSR count). The Morgan fingerprint density at radius 2 is 2.18 bits per heavy atom. The number of aliphatic hydroxyl groups is 1. The molecular formula is C13H19FO2S. The van der Waals surface area contributed by atoms with Gasteiger partial charge in [-0.15, -0.1) is 0 Å². The summed E-state index contributed by atoms with van der Waals surface area (Å²) in [6.45, 7) is 4.22. The highest BCUT2D eigenvalue weighted by molar-refractivity contribution is 7.99. The molecule has 2 atom stereocenters. The Balaban J connectivity index is 2.73. The van der Waals surface area contributed by atoms with Gasteiger partial charge in [0.2, 0.25) is 0 Å². The molecule has 1 aromatic carbocycles. The van der Waals surface area contributed by atoms with Crippen molar-refractivity contribution in [2.75, 3.05) is 12.9 Å². The van der Waals surface area contributed by atoms with Gasteiger partial charge in [0.25, 0.3) is 0 Å². The first kappa shape index (κ1) is 14.3. The van der Waals surface area contributed by atoms with Crippen LogP contribution < -0.4 is 4.74 Å². The normalized spacial score (nSPS) is 14.4. The Hall–Kier alpha value is -0.740. The van der Waals surface area contributed by atoms with Crippen LogP contribution in [-0.2, 0) is 0 Å². The van der Waals surface area contributed by atoms with Crippen LogP contribution in [0, 0.1) is 5.82 Å². The van der Waals surface area contributed by atoms with Gasteiger partial charge < -0.3 is 9.84 Å². The van der Waals surface area contributed by atoms with Gasteiger partial charge in [0, 0.05) is 16.6 Å². The summed E-state index contributed by atoms with van der Waals surface area (Å²) in [6.07, 6.45) is 0.358. The van der Waals surface area contributed by atoms with Crippen molar-refractivity contribution in [3.05, 3.63) is 29.6 Å². The fourth-order valence-electron chi connectivity index (χ4n) is 1.43. The molecule has 0 aliphatic carbocycles. The molecule has 0 aromatic heterocycles. The second-order valence-corrected chi connectivity index (χ2v) is 5.43. The molecule has 1 N–H and O–H groups in total. The summed E-state index contributed by atoms with van der Waals surface area (Å²) in [4.78, 5) is 0. The maximum Gasteiger partial charge on any atom is 0.124 e. The van der Waals surface area contributed by atoms with Crippen LogP contribution >= 0.6 is 11.8 Å². The highest BCUT2D eigenvalue weighted by Crippen LogP contribution is 2.29. The van der Waals surface area contributed by atoms with E-state index in [1.54, 1.807) is 17.8 Å². The van der Waals surface area contributed by atoms with Crippen molar-refractivity contribution in [2.24, 2.45) is 0 Å². The topological polar surface area (TPSA) is 29.5 Å². The summed E-state index contributed by atoms with van der Waals surface area (Å²) in [7, 11) is 1.52. The number of hydrogen-bond acceptors (Lipinski definition) is 3. The predicted octanol–water partition coefficient (Wildman–Crippen LogP) is 3.40. The van der Waals surface area contributed by atoms with E-state index in [2.05, 4.69) is 13.8 Å². The molecular weight excluding hydrogens is 239 g/mol. The second-order valence-electron chi connectivity index (χ2n) is 3.95. The van der Waals surface area contributed by atoms with Gasteiger partial charge in [-0.25, -0.2) is 4.39 Å². The molecule has 0 fully saturated rings. The molecule has 0 saturated carbocycles. The van der Waals surface area contributed by atoms with E-state index in [-0.39, 0.29) is 5.82 Å². The largest absolute Gasteiger partial charge is 0.496 e. The molecule has 2 unspecified atom stereocenters. The smallest absolute Gasteiger partial charge is 0.124 e. The summed E-state index contributed by atoms with van der Waals surface area (Å²) < 4.78 is 18.3. The number of thioether (sulfide) groups is 1. The Kier molecular flexibility index (Phi) is 5.78. The van der Waals surface area contributed by atoms with E-state index in [1.807, 2.05) is 0 Å². The van der Waals surface area contributed by atoms with Crippen molar-refractivity contribution in [1.82, 2.24) is 0 Å². The number of aliphatic hydroxyl groups excluding tert-OH is 1. The lowest BCUT2D eigenvalue weighted by Crippen LogP contribution is -2.06. The molecule has 2 nitrogen and oxygen atoms in total. The fourth-order valence-corrected chi connectivity index (χ4v) is 2.35. The molecule has 0 radical (unpaired) electrons. The van der Waals surface area contributed by atoms with Gasteiger partial charge in [0.15, 0.2) is 0 Å². The molecule has 4 heteroatoms. The van der Waals surface area contributed by atoms with Crippen LogP contribution in [0.2, 0.25) is 0 Å². The summed E-state index contributed by atoms with van der Waals surface area (Å²) in [5, 5.41) is 10.5. The summed E-state index contributed by atoms with van der Waals surface area (Å²) >= 11 is 1.68.